The lowest BCUT2D eigenvalue weighted by Gasteiger charge is -2.19. The number of hydrogen-bond donors (Lipinski definition) is 5. The Morgan fingerprint density at radius 2 is 1.75 bits per heavy atom. The monoisotopic (exact) mass is 272 g/mol. The first-order chi connectivity index (χ1) is 7.12. The van der Waals surface area contributed by atoms with E-state index in [1.807, 2.05) is 0 Å². The molecular weight excluding hydrogens is 262 g/mol. The first kappa shape index (κ1) is 13.4. The van der Waals surface area contributed by atoms with E-state index in [4.69, 9.17) is 24.7 Å². The first-order valence-electron chi connectivity index (χ1n) is 3.92. The lowest BCUT2D eigenvalue weighted by atomic mass is 10.7. The molecule has 0 bridgehead atoms. The van der Waals surface area contributed by atoms with Crippen molar-refractivity contribution < 1.29 is 33.8 Å². The molecule has 11 heteroatoms. The quantitative estimate of drug-likeness (QED) is 0.449. The van der Waals surface area contributed by atoms with Crippen LogP contribution in [0, 0.1) is 0 Å². The van der Waals surface area contributed by atoms with E-state index < -0.39 is 33.0 Å². The highest BCUT2D eigenvalue weighted by atomic mass is 31.2. The summed E-state index contributed by atoms with van der Waals surface area (Å²) in [6.07, 6.45) is 1.99. The second-order valence-electron chi connectivity index (χ2n) is 3.06. The maximum absolute atomic E-state index is 10.9. The molecule has 1 heterocycles. The Hall–Kier alpha value is -0.690. The lowest BCUT2D eigenvalue weighted by Crippen LogP contribution is -2.16. The van der Waals surface area contributed by atoms with Crippen molar-refractivity contribution in [1.29, 1.82) is 0 Å². The SMILES string of the molecule is O=P(O)(O)C(Cn1cncc1O)P(=O)(O)O. The fourth-order valence-electron chi connectivity index (χ4n) is 1.04. The minimum Gasteiger partial charge on any atom is -0.493 e. The Labute approximate surface area is 89.7 Å². The second kappa shape index (κ2) is 4.29. The molecular formula is C5H10N2O7P2. The summed E-state index contributed by atoms with van der Waals surface area (Å²) in [6, 6.07) is 0. The minimum atomic E-state index is -4.98. The molecule has 0 fully saturated rings. The van der Waals surface area contributed by atoms with E-state index in [-0.39, 0.29) is 0 Å². The summed E-state index contributed by atoms with van der Waals surface area (Å²) in [5.41, 5.74) is 0. The van der Waals surface area contributed by atoms with Crippen LogP contribution >= 0.6 is 15.2 Å². The second-order valence-corrected chi connectivity index (χ2v) is 7.07. The van der Waals surface area contributed by atoms with Gasteiger partial charge in [0.2, 0.25) is 5.88 Å². The van der Waals surface area contributed by atoms with Crippen molar-refractivity contribution in [2.45, 2.75) is 11.9 Å². The molecule has 0 unspecified atom stereocenters. The molecule has 92 valence electrons. The highest BCUT2D eigenvalue weighted by molar-refractivity contribution is 7.70. The van der Waals surface area contributed by atoms with Crippen molar-refractivity contribution in [3.8, 4) is 5.88 Å². The number of hydrogen-bond acceptors (Lipinski definition) is 4. The number of nitrogens with zero attached hydrogens (tertiary/aromatic N) is 2. The van der Waals surface area contributed by atoms with Crippen LogP contribution in [0.15, 0.2) is 12.5 Å². The summed E-state index contributed by atoms with van der Waals surface area (Å²) < 4.78 is 22.6. The summed E-state index contributed by atoms with van der Waals surface area (Å²) >= 11 is 0. The number of rotatable bonds is 4. The van der Waals surface area contributed by atoms with Gasteiger partial charge in [-0.15, -0.1) is 0 Å². The number of aromatic hydroxyl groups is 1. The van der Waals surface area contributed by atoms with Gasteiger partial charge in [-0.05, 0) is 0 Å². The number of imidazole rings is 1. The van der Waals surface area contributed by atoms with E-state index in [9.17, 15) is 9.13 Å². The fourth-order valence-corrected chi connectivity index (χ4v) is 3.38. The predicted octanol–water partition coefficient (Wildman–Crippen LogP) is -0.730. The maximum Gasteiger partial charge on any atom is 0.342 e. The van der Waals surface area contributed by atoms with Gasteiger partial charge in [0.1, 0.15) is 0 Å². The van der Waals surface area contributed by atoms with Gasteiger partial charge in [0.25, 0.3) is 0 Å². The van der Waals surface area contributed by atoms with E-state index in [2.05, 4.69) is 4.98 Å². The van der Waals surface area contributed by atoms with E-state index >= 15 is 0 Å². The van der Waals surface area contributed by atoms with Crippen molar-refractivity contribution in [3.63, 3.8) is 0 Å². The highest BCUT2D eigenvalue weighted by Gasteiger charge is 2.43. The molecule has 1 rings (SSSR count). The lowest BCUT2D eigenvalue weighted by molar-refractivity contribution is 0.328. The van der Waals surface area contributed by atoms with Crippen LogP contribution in [0.4, 0.5) is 0 Å². The van der Waals surface area contributed by atoms with E-state index in [1.54, 1.807) is 0 Å². The molecule has 0 aliphatic heterocycles. The van der Waals surface area contributed by atoms with Gasteiger partial charge in [0.05, 0.1) is 19.1 Å². The zero-order valence-corrected chi connectivity index (χ0v) is 9.57. The molecule has 0 saturated carbocycles. The van der Waals surface area contributed by atoms with Crippen LogP contribution in [0.2, 0.25) is 0 Å². The minimum absolute atomic E-state index is 0.438. The Kier molecular flexibility index (Phi) is 3.59. The van der Waals surface area contributed by atoms with E-state index in [1.165, 1.54) is 0 Å². The normalized spacial score (nSPS) is 13.3. The van der Waals surface area contributed by atoms with Gasteiger partial charge >= 0.3 is 15.2 Å². The fraction of sp³-hybridized carbons (Fsp3) is 0.400. The summed E-state index contributed by atoms with van der Waals surface area (Å²) in [4.78, 5) is 38.7. The molecule has 0 atom stereocenters. The van der Waals surface area contributed by atoms with Crippen LogP contribution in [0.1, 0.15) is 0 Å². The molecule has 0 spiro atoms. The molecule has 5 N–H and O–H groups in total. The smallest absolute Gasteiger partial charge is 0.342 e. The predicted molar refractivity (Wildman–Crippen MR) is 51.8 cm³/mol. The summed E-state index contributed by atoms with van der Waals surface area (Å²) in [6.45, 7) is -0.722. The van der Waals surface area contributed by atoms with Gasteiger partial charge in [-0.25, -0.2) is 4.98 Å². The van der Waals surface area contributed by atoms with Crippen molar-refractivity contribution in [3.05, 3.63) is 12.5 Å². The molecule has 0 aliphatic carbocycles. The molecule has 0 aliphatic rings. The molecule has 0 radical (unpaired) electrons. The van der Waals surface area contributed by atoms with Crippen molar-refractivity contribution in [2.24, 2.45) is 0 Å². The van der Waals surface area contributed by atoms with Crippen LogP contribution in [0.5, 0.6) is 5.88 Å². The third-order valence-electron chi connectivity index (χ3n) is 1.83. The first-order valence-corrected chi connectivity index (χ1v) is 7.28. The molecule has 0 aromatic carbocycles. The molecule has 1 aromatic rings. The van der Waals surface area contributed by atoms with Gasteiger partial charge < -0.3 is 29.2 Å². The largest absolute Gasteiger partial charge is 0.493 e. The Balaban J connectivity index is 3.03. The van der Waals surface area contributed by atoms with Gasteiger partial charge in [-0.2, -0.15) is 0 Å². The van der Waals surface area contributed by atoms with Gasteiger partial charge in [-0.3, -0.25) is 9.13 Å². The average molecular weight is 272 g/mol. The Morgan fingerprint density at radius 1 is 1.25 bits per heavy atom. The maximum atomic E-state index is 10.9. The zero-order valence-electron chi connectivity index (χ0n) is 7.78. The third-order valence-corrected chi connectivity index (χ3v) is 5.51. The Morgan fingerprint density at radius 3 is 2.06 bits per heavy atom. The Bertz CT molecular complexity index is 437. The molecule has 1 aromatic heterocycles. The molecule has 0 saturated heterocycles. The molecule has 16 heavy (non-hydrogen) atoms. The third kappa shape index (κ3) is 3.15. The van der Waals surface area contributed by atoms with Gasteiger partial charge in [0.15, 0.2) is 5.40 Å². The number of aromatic nitrogens is 2. The van der Waals surface area contributed by atoms with Crippen molar-refractivity contribution in [2.75, 3.05) is 0 Å². The van der Waals surface area contributed by atoms with Crippen LogP contribution < -0.4 is 0 Å². The topological polar surface area (TPSA) is 153 Å². The van der Waals surface area contributed by atoms with Crippen molar-refractivity contribution in [1.82, 2.24) is 9.55 Å². The van der Waals surface area contributed by atoms with E-state index in [0.717, 1.165) is 17.1 Å². The zero-order chi connectivity index (χ0) is 12.6. The highest BCUT2D eigenvalue weighted by Crippen LogP contribution is 2.60. The standard InChI is InChI=1S/C5H10N2O7P2/c8-4-1-6-3-7(4)2-5(15(9,10)11)16(12,13)14/h1,3,5,8H,2H2,(H2,9,10,11)(H2,12,13,14). The summed E-state index contributed by atoms with van der Waals surface area (Å²) in [5, 5.41) is 6.93. The molecule has 9 nitrogen and oxygen atoms in total. The van der Waals surface area contributed by atoms with Crippen LogP contribution in [-0.4, -0.2) is 39.6 Å². The summed E-state index contributed by atoms with van der Waals surface area (Å²) in [5.74, 6) is -0.438. The van der Waals surface area contributed by atoms with Crippen LogP contribution in [0.3, 0.4) is 0 Å². The van der Waals surface area contributed by atoms with Gasteiger partial charge in [-0.1, -0.05) is 0 Å². The van der Waals surface area contributed by atoms with Crippen LogP contribution in [-0.2, 0) is 15.7 Å². The van der Waals surface area contributed by atoms with Crippen LogP contribution in [0.25, 0.3) is 0 Å². The average Bonchev–Trinajstić information content (AvgIpc) is 2.42. The van der Waals surface area contributed by atoms with Crippen molar-refractivity contribution >= 4 is 15.2 Å². The van der Waals surface area contributed by atoms with Gasteiger partial charge in [0, 0.05) is 0 Å². The summed E-state index contributed by atoms with van der Waals surface area (Å²) in [7, 11) is -9.96. The molecule has 0 amide bonds. The van der Waals surface area contributed by atoms with E-state index in [0.29, 0.717) is 0 Å².